The number of ether oxygens (including phenoxy) is 1. The molecule has 0 bridgehead atoms. The number of carbonyl (C=O) groups is 1. The number of aromatic amines is 1. The van der Waals surface area contributed by atoms with E-state index in [1.54, 1.807) is 12.1 Å². The summed E-state index contributed by atoms with van der Waals surface area (Å²) < 4.78 is 59.8. The van der Waals surface area contributed by atoms with Gasteiger partial charge in [-0.1, -0.05) is 18.2 Å². The molecule has 0 atom stereocenters. The summed E-state index contributed by atoms with van der Waals surface area (Å²) in [6.07, 6.45) is -6.01. The van der Waals surface area contributed by atoms with Gasteiger partial charge >= 0.3 is 12.3 Å². The average Bonchev–Trinajstić information content (AvgIpc) is 2.90. The molecule has 0 saturated carbocycles. The summed E-state index contributed by atoms with van der Waals surface area (Å²) in [6.45, 7) is 0. The van der Waals surface area contributed by atoms with Gasteiger partial charge in [-0.05, 0) is 42.5 Å². The molecule has 1 amide bonds. The van der Waals surface area contributed by atoms with Crippen molar-refractivity contribution in [3.05, 3.63) is 88.5 Å². The van der Waals surface area contributed by atoms with E-state index in [2.05, 4.69) is 19.9 Å². The van der Waals surface area contributed by atoms with Crippen molar-refractivity contribution in [2.24, 2.45) is 0 Å². The molecule has 5 rings (SSSR count). The molecule has 14 heteroatoms. The minimum atomic E-state index is -4.54. The number of benzene rings is 3. The molecular weight excluding hydrogens is 536 g/mol. The zero-order valence-corrected chi connectivity index (χ0v) is 20.0. The molecule has 0 radical (unpaired) electrons. The molecule has 2 heterocycles. The first-order valence-electron chi connectivity index (χ1n) is 11.3. The minimum Gasteiger partial charge on any atom is -0.465 e. The van der Waals surface area contributed by atoms with Crippen molar-refractivity contribution in [2.45, 2.75) is 6.18 Å². The Labute approximate surface area is 221 Å². The first kappa shape index (κ1) is 26.1. The van der Waals surface area contributed by atoms with Crippen LogP contribution in [0.15, 0.2) is 71.5 Å². The van der Waals surface area contributed by atoms with Crippen molar-refractivity contribution in [3.63, 3.8) is 0 Å². The van der Waals surface area contributed by atoms with Crippen LogP contribution in [-0.4, -0.2) is 31.1 Å². The number of nitrogens with two attached hydrogens (primary N) is 1. The number of fused-ring (bicyclic) bond motifs is 1. The van der Waals surface area contributed by atoms with Gasteiger partial charge in [0.05, 0.1) is 22.5 Å². The number of nitrogen functional groups attached to an aromatic ring is 1. The van der Waals surface area contributed by atoms with E-state index in [0.29, 0.717) is 5.52 Å². The fraction of sp³-hybridized carbons (Fsp3) is 0.0385. The quantitative estimate of drug-likeness (QED) is 0.203. The van der Waals surface area contributed by atoms with Crippen molar-refractivity contribution >= 4 is 28.6 Å². The highest BCUT2D eigenvalue weighted by Crippen LogP contribution is 2.34. The van der Waals surface area contributed by atoms with E-state index >= 15 is 0 Å². The van der Waals surface area contributed by atoms with Gasteiger partial charge in [0.2, 0.25) is 5.88 Å². The zero-order valence-electron chi connectivity index (χ0n) is 20.0. The summed E-state index contributed by atoms with van der Waals surface area (Å²) in [5.74, 6) is -1.25. The Kier molecular flexibility index (Phi) is 6.51. The number of alkyl halides is 3. The number of para-hydroxylation sites is 1. The Hall–Kier alpha value is -5.53. The number of hydrogen-bond donors (Lipinski definition) is 4. The molecule has 0 saturated heterocycles. The van der Waals surface area contributed by atoms with Crippen LogP contribution in [0.3, 0.4) is 0 Å². The Morgan fingerprint density at radius 2 is 1.70 bits per heavy atom. The third-order valence-corrected chi connectivity index (χ3v) is 5.61. The molecule has 202 valence electrons. The molecule has 0 aliphatic heterocycles. The summed E-state index contributed by atoms with van der Waals surface area (Å²) in [5.41, 5.74) is 4.95. The fourth-order valence-corrected chi connectivity index (χ4v) is 3.75. The number of carboxylic acid groups (broad SMARTS) is 1. The van der Waals surface area contributed by atoms with E-state index in [1.807, 2.05) is 5.32 Å². The Morgan fingerprint density at radius 1 is 0.975 bits per heavy atom. The van der Waals surface area contributed by atoms with Crippen molar-refractivity contribution in [2.75, 3.05) is 11.1 Å². The first-order chi connectivity index (χ1) is 19.0. The second kappa shape index (κ2) is 9.98. The van der Waals surface area contributed by atoms with Crippen LogP contribution in [-0.2, 0) is 6.18 Å². The summed E-state index contributed by atoms with van der Waals surface area (Å²) >= 11 is 0. The second-order valence-electron chi connectivity index (χ2n) is 8.32. The highest BCUT2D eigenvalue weighted by Gasteiger charge is 2.30. The van der Waals surface area contributed by atoms with Crippen molar-refractivity contribution < 1.29 is 32.2 Å². The second-order valence-corrected chi connectivity index (χ2v) is 8.32. The van der Waals surface area contributed by atoms with Gasteiger partial charge in [-0.2, -0.15) is 18.2 Å². The number of rotatable bonds is 5. The van der Waals surface area contributed by atoms with Crippen molar-refractivity contribution in [1.29, 1.82) is 0 Å². The van der Waals surface area contributed by atoms with E-state index < -0.39 is 29.2 Å². The Morgan fingerprint density at radius 3 is 2.38 bits per heavy atom. The van der Waals surface area contributed by atoms with Crippen LogP contribution in [0.25, 0.3) is 33.7 Å². The Bertz CT molecular complexity index is 1820. The number of nitrogens with one attached hydrogen (secondary N) is 2. The predicted molar refractivity (Wildman–Crippen MR) is 136 cm³/mol. The molecule has 40 heavy (non-hydrogen) atoms. The van der Waals surface area contributed by atoms with Crippen LogP contribution in [0, 0.1) is 5.82 Å². The highest BCUT2D eigenvalue weighted by atomic mass is 19.4. The van der Waals surface area contributed by atoms with Gasteiger partial charge in [-0.3, -0.25) is 10.1 Å². The third kappa shape index (κ3) is 5.36. The largest absolute Gasteiger partial charge is 0.465 e. The zero-order chi connectivity index (χ0) is 28.6. The van der Waals surface area contributed by atoms with Crippen molar-refractivity contribution in [1.82, 2.24) is 19.9 Å². The number of hydrogen-bond acceptors (Lipinski definition) is 7. The molecule has 0 unspecified atom stereocenters. The molecule has 0 aliphatic carbocycles. The summed E-state index contributed by atoms with van der Waals surface area (Å²) in [7, 11) is 0. The third-order valence-electron chi connectivity index (χ3n) is 5.61. The topological polar surface area (TPSA) is 156 Å². The molecule has 5 aromatic rings. The van der Waals surface area contributed by atoms with Crippen LogP contribution in [0.1, 0.15) is 5.56 Å². The number of anilines is 2. The molecule has 3 aromatic carbocycles. The molecule has 0 fully saturated rings. The van der Waals surface area contributed by atoms with E-state index in [0.717, 1.165) is 18.2 Å². The molecule has 2 aromatic heterocycles. The molecule has 5 N–H and O–H groups in total. The highest BCUT2D eigenvalue weighted by molar-refractivity contribution is 5.84. The smallest absolute Gasteiger partial charge is 0.416 e. The summed E-state index contributed by atoms with van der Waals surface area (Å²) in [4.78, 5) is 38.1. The maximum Gasteiger partial charge on any atom is 0.416 e. The lowest BCUT2D eigenvalue weighted by Gasteiger charge is -2.12. The van der Waals surface area contributed by atoms with Crippen LogP contribution < -0.4 is 21.3 Å². The average molecular weight is 552 g/mol. The number of halogens is 4. The number of aromatic nitrogens is 4. The van der Waals surface area contributed by atoms with Crippen LogP contribution in [0.4, 0.5) is 33.9 Å². The molecular formula is C26H16F4N6O4. The van der Waals surface area contributed by atoms with Gasteiger partial charge in [-0.15, -0.1) is 0 Å². The monoisotopic (exact) mass is 552 g/mol. The maximum atomic E-state index is 14.6. The maximum absolute atomic E-state index is 14.6. The number of nitrogens with zero attached hydrogens (tertiary/aromatic N) is 3. The number of H-pyrrole nitrogens is 1. The standard InChI is InChI=1S/C26H16F4N6O4/c27-15-10-13(6-9-16(15)34-25(38)39)23-32-18(12-4-7-14(8-5-12)26(28,29)30)11-20(35-23)40-19-3-1-2-17-21(19)36-22(31)24(37)33-17/h1-11,34H,(H2,31,36)(H,33,37)(H,38,39). The molecule has 10 nitrogen and oxygen atoms in total. The van der Waals surface area contributed by atoms with Crippen molar-refractivity contribution in [3.8, 4) is 34.3 Å². The van der Waals surface area contributed by atoms with Crippen LogP contribution in [0.2, 0.25) is 0 Å². The summed E-state index contributed by atoms with van der Waals surface area (Å²) in [6, 6.07) is 13.7. The lowest BCUT2D eigenvalue weighted by atomic mass is 10.1. The van der Waals surface area contributed by atoms with Gasteiger partial charge in [0.1, 0.15) is 11.3 Å². The minimum absolute atomic E-state index is 0.0747. The van der Waals surface area contributed by atoms with E-state index in [9.17, 15) is 27.2 Å². The fourth-order valence-electron chi connectivity index (χ4n) is 3.75. The van der Waals surface area contributed by atoms with Gasteiger partial charge < -0.3 is 20.6 Å². The Balaban J connectivity index is 1.63. The number of amides is 1. The van der Waals surface area contributed by atoms with E-state index in [1.165, 1.54) is 36.4 Å². The van der Waals surface area contributed by atoms with Crippen LogP contribution >= 0.6 is 0 Å². The summed E-state index contributed by atoms with van der Waals surface area (Å²) in [5, 5.41) is 10.8. The van der Waals surface area contributed by atoms with Gasteiger partial charge in [0, 0.05) is 17.2 Å². The molecule has 0 spiro atoms. The van der Waals surface area contributed by atoms with Gasteiger partial charge in [-0.25, -0.2) is 19.2 Å². The lowest BCUT2D eigenvalue weighted by Crippen LogP contribution is -2.13. The normalized spacial score (nSPS) is 11.4. The van der Waals surface area contributed by atoms with Gasteiger partial charge in [0.25, 0.3) is 5.56 Å². The van der Waals surface area contributed by atoms with E-state index in [-0.39, 0.29) is 51.3 Å². The SMILES string of the molecule is Nc1nc2c(Oc3cc(-c4ccc(C(F)(F)F)cc4)nc(-c4ccc(NC(=O)O)c(F)c4)n3)cccc2[nH]c1=O. The van der Waals surface area contributed by atoms with Gasteiger partial charge in [0.15, 0.2) is 17.4 Å². The van der Waals surface area contributed by atoms with Crippen LogP contribution in [0.5, 0.6) is 11.6 Å². The lowest BCUT2D eigenvalue weighted by molar-refractivity contribution is -0.137. The first-order valence-corrected chi connectivity index (χ1v) is 11.3. The molecule has 0 aliphatic rings. The van der Waals surface area contributed by atoms with E-state index in [4.69, 9.17) is 15.6 Å². The predicted octanol–water partition coefficient (Wildman–Crippen LogP) is 5.67.